The van der Waals surface area contributed by atoms with E-state index in [2.05, 4.69) is 28.2 Å². The van der Waals surface area contributed by atoms with E-state index in [4.69, 9.17) is 4.42 Å². The van der Waals surface area contributed by atoms with E-state index in [9.17, 15) is 0 Å². The molecule has 6 heteroatoms. The normalized spacial score (nSPS) is 11.2. The van der Waals surface area contributed by atoms with Crippen molar-refractivity contribution in [2.24, 2.45) is 0 Å². The van der Waals surface area contributed by atoms with Crippen LogP contribution in [-0.4, -0.2) is 19.6 Å². The van der Waals surface area contributed by atoms with E-state index in [0.717, 1.165) is 22.5 Å². The molecule has 3 heterocycles. The van der Waals surface area contributed by atoms with Crippen molar-refractivity contribution >= 4 is 17.4 Å². The molecular formula is C17H14N4OS. The zero-order valence-corrected chi connectivity index (χ0v) is 13.3. The Kier molecular flexibility index (Phi) is 3.59. The van der Waals surface area contributed by atoms with Gasteiger partial charge in [-0.3, -0.25) is 0 Å². The second-order valence-electron chi connectivity index (χ2n) is 5.18. The average molecular weight is 322 g/mol. The van der Waals surface area contributed by atoms with Crippen molar-refractivity contribution in [1.29, 1.82) is 0 Å². The molecule has 0 fully saturated rings. The number of benzene rings is 1. The zero-order chi connectivity index (χ0) is 15.6. The third-order valence-electron chi connectivity index (χ3n) is 3.50. The van der Waals surface area contributed by atoms with Crippen LogP contribution in [-0.2, 0) is 5.75 Å². The lowest BCUT2D eigenvalue weighted by Gasteiger charge is -1.94. The predicted octanol–water partition coefficient (Wildman–Crippen LogP) is 3.99. The fourth-order valence-corrected chi connectivity index (χ4v) is 3.02. The van der Waals surface area contributed by atoms with Gasteiger partial charge in [0.15, 0.2) is 0 Å². The van der Waals surface area contributed by atoms with Gasteiger partial charge in [0.2, 0.25) is 5.89 Å². The fraction of sp³-hybridized carbons (Fsp3) is 0.118. The summed E-state index contributed by atoms with van der Waals surface area (Å²) in [6.45, 7) is 2.06. The minimum atomic E-state index is 0.541. The lowest BCUT2D eigenvalue weighted by Crippen LogP contribution is -1.84. The van der Waals surface area contributed by atoms with Gasteiger partial charge in [0.05, 0.1) is 5.69 Å². The Hall–Kier alpha value is -2.60. The molecule has 4 aromatic rings. The minimum absolute atomic E-state index is 0.541. The number of fused-ring (bicyclic) bond motifs is 1. The van der Waals surface area contributed by atoms with Crippen LogP contribution < -0.4 is 0 Å². The van der Waals surface area contributed by atoms with Gasteiger partial charge in [-0.2, -0.15) is 0 Å². The summed E-state index contributed by atoms with van der Waals surface area (Å²) in [5.74, 6) is 1.23. The van der Waals surface area contributed by atoms with E-state index in [-0.39, 0.29) is 0 Å². The van der Waals surface area contributed by atoms with Crippen LogP contribution in [0.2, 0.25) is 0 Å². The summed E-state index contributed by atoms with van der Waals surface area (Å²) in [7, 11) is 0. The summed E-state index contributed by atoms with van der Waals surface area (Å²) >= 11 is 1.49. The Bertz CT molecular complexity index is 946. The molecule has 0 aliphatic rings. The van der Waals surface area contributed by atoms with E-state index in [1.54, 1.807) is 0 Å². The topological polar surface area (TPSA) is 56.2 Å². The highest BCUT2D eigenvalue weighted by atomic mass is 32.2. The Morgan fingerprint density at radius 2 is 1.96 bits per heavy atom. The SMILES string of the molecule is Cc1cccn2cc(CSc3nnc(-c4ccccc4)o3)nc12. The number of aromatic nitrogens is 4. The molecule has 0 atom stereocenters. The molecule has 0 saturated carbocycles. The average Bonchev–Trinajstić information content (AvgIpc) is 3.21. The van der Waals surface area contributed by atoms with Gasteiger partial charge in [-0.15, -0.1) is 10.2 Å². The Balaban J connectivity index is 1.50. The number of aryl methyl sites for hydroxylation is 1. The van der Waals surface area contributed by atoms with Gasteiger partial charge in [0, 0.05) is 23.7 Å². The first kappa shape index (κ1) is 14.0. The molecule has 0 N–H and O–H groups in total. The lowest BCUT2D eigenvalue weighted by atomic mass is 10.2. The molecule has 0 amide bonds. The van der Waals surface area contributed by atoms with Crippen molar-refractivity contribution in [3.8, 4) is 11.5 Å². The number of thioether (sulfide) groups is 1. The van der Waals surface area contributed by atoms with Gasteiger partial charge in [0.1, 0.15) is 5.65 Å². The van der Waals surface area contributed by atoms with E-state index in [1.807, 2.05) is 53.2 Å². The van der Waals surface area contributed by atoms with E-state index in [0.29, 0.717) is 16.9 Å². The molecule has 0 bridgehead atoms. The molecule has 0 aliphatic heterocycles. The molecule has 0 radical (unpaired) electrons. The van der Waals surface area contributed by atoms with Crippen molar-refractivity contribution in [2.45, 2.75) is 17.9 Å². The highest BCUT2D eigenvalue weighted by Crippen LogP contribution is 2.25. The maximum Gasteiger partial charge on any atom is 0.277 e. The molecule has 0 unspecified atom stereocenters. The molecule has 0 aliphatic carbocycles. The third-order valence-corrected chi connectivity index (χ3v) is 4.35. The number of hydrogen-bond acceptors (Lipinski definition) is 5. The van der Waals surface area contributed by atoms with Crippen LogP contribution in [0.15, 0.2) is 64.5 Å². The number of hydrogen-bond donors (Lipinski definition) is 0. The highest BCUT2D eigenvalue weighted by molar-refractivity contribution is 7.98. The second-order valence-corrected chi connectivity index (χ2v) is 6.11. The molecule has 4 rings (SSSR count). The van der Waals surface area contributed by atoms with Crippen molar-refractivity contribution in [1.82, 2.24) is 19.6 Å². The molecule has 1 aromatic carbocycles. The number of nitrogens with zero attached hydrogens (tertiary/aromatic N) is 4. The van der Waals surface area contributed by atoms with Crippen LogP contribution in [0.5, 0.6) is 0 Å². The summed E-state index contributed by atoms with van der Waals surface area (Å²) in [5.41, 5.74) is 4.06. The smallest absolute Gasteiger partial charge is 0.277 e. The van der Waals surface area contributed by atoms with Gasteiger partial charge < -0.3 is 8.82 Å². The second kappa shape index (κ2) is 5.89. The summed E-state index contributed by atoms with van der Waals surface area (Å²) < 4.78 is 7.73. The first-order valence-corrected chi connectivity index (χ1v) is 8.23. The maximum atomic E-state index is 5.70. The predicted molar refractivity (Wildman–Crippen MR) is 89.2 cm³/mol. The van der Waals surface area contributed by atoms with E-state index < -0.39 is 0 Å². The van der Waals surface area contributed by atoms with Crippen LogP contribution in [0.3, 0.4) is 0 Å². The van der Waals surface area contributed by atoms with Gasteiger partial charge in [-0.25, -0.2) is 4.98 Å². The first-order chi connectivity index (χ1) is 11.3. The summed E-state index contributed by atoms with van der Waals surface area (Å²) in [5, 5.41) is 8.74. The largest absolute Gasteiger partial charge is 0.411 e. The molecule has 0 spiro atoms. The maximum absolute atomic E-state index is 5.70. The van der Waals surface area contributed by atoms with Gasteiger partial charge in [-0.05, 0) is 30.7 Å². The van der Waals surface area contributed by atoms with Crippen molar-refractivity contribution in [3.05, 3.63) is 66.1 Å². The van der Waals surface area contributed by atoms with Crippen molar-refractivity contribution < 1.29 is 4.42 Å². The number of imidazole rings is 1. The van der Waals surface area contributed by atoms with Crippen LogP contribution in [0.25, 0.3) is 17.1 Å². The van der Waals surface area contributed by atoms with Gasteiger partial charge >= 0.3 is 0 Å². The summed E-state index contributed by atoms with van der Waals surface area (Å²) in [4.78, 5) is 4.64. The standard InChI is InChI=1S/C17H14N4OS/c1-12-6-5-9-21-10-14(18-15(12)21)11-23-17-20-19-16(22-17)13-7-3-2-4-8-13/h2-10H,11H2,1H3. The molecule has 3 aromatic heterocycles. The number of pyridine rings is 1. The van der Waals surface area contributed by atoms with Crippen LogP contribution in [0, 0.1) is 6.92 Å². The van der Waals surface area contributed by atoms with E-state index in [1.165, 1.54) is 11.8 Å². The Labute approximate surface area is 137 Å². The highest BCUT2D eigenvalue weighted by Gasteiger charge is 2.10. The quantitative estimate of drug-likeness (QED) is 0.532. The Morgan fingerprint density at radius 3 is 2.78 bits per heavy atom. The summed E-state index contributed by atoms with van der Waals surface area (Å²) in [6.07, 6.45) is 4.04. The minimum Gasteiger partial charge on any atom is -0.411 e. The van der Waals surface area contributed by atoms with E-state index >= 15 is 0 Å². The zero-order valence-electron chi connectivity index (χ0n) is 12.5. The lowest BCUT2D eigenvalue weighted by molar-refractivity contribution is 0.466. The number of rotatable bonds is 4. The molecular weight excluding hydrogens is 308 g/mol. The van der Waals surface area contributed by atoms with Gasteiger partial charge in [-0.1, -0.05) is 36.0 Å². The van der Waals surface area contributed by atoms with Crippen molar-refractivity contribution in [3.63, 3.8) is 0 Å². The molecule has 0 saturated heterocycles. The van der Waals surface area contributed by atoms with Gasteiger partial charge in [0.25, 0.3) is 5.22 Å². The van der Waals surface area contributed by atoms with Crippen LogP contribution >= 0.6 is 11.8 Å². The first-order valence-electron chi connectivity index (χ1n) is 7.24. The Morgan fingerprint density at radius 1 is 1.09 bits per heavy atom. The molecule has 23 heavy (non-hydrogen) atoms. The molecule has 5 nitrogen and oxygen atoms in total. The summed E-state index contributed by atoms with van der Waals surface area (Å²) in [6, 6.07) is 13.8. The van der Waals surface area contributed by atoms with Crippen LogP contribution in [0.4, 0.5) is 0 Å². The van der Waals surface area contributed by atoms with Crippen LogP contribution in [0.1, 0.15) is 11.3 Å². The third kappa shape index (κ3) is 2.85. The monoisotopic (exact) mass is 322 g/mol. The van der Waals surface area contributed by atoms with Crippen molar-refractivity contribution in [2.75, 3.05) is 0 Å². The fourth-order valence-electron chi connectivity index (χ4n) is 2.38. The molecule has 114 valence electrons.